The molecule has 1 spiro atoms. The Morgan fingerprint density at radius 3 is 2.76 bits per heavy atom. The van der Waals surface area contributed by atoms with Gasteiger partial charge in [0.2, 0.25) is 5.91 Å². The number of rotatable bonds is 12. The summed E-state index contributed by atoms with van der Waals surface area (Å²) in [6, 6.07) is 3.68. The molecule has 3 aliphatic heterocycles. The van der Waals surface area contributed by atoms with Gasteiger partial charge in [-0.1, -0.05) is 35.9 Å². The molecule has 0 aromatic heterocycles. The van der Waals surface area contributed by atoms with Crippen LogP contribution in [0.15, 0.2) is 43.5 Å². The van der Waals surface area contributed by atoms with Crippen LogP contribution in [-0.2, 0) is 23.9 Å². The Balaban J connectivity index is 1.70. The number of halogens is 1. The minimum Gasteiger partial charge on any atom is -0.465 e. The Morgan fingerprint density at radius 2 is 2.11 bits per heavy atom. The first-order chi connectivity index (χ1) is 18.2. The smallest absolute Gasteiger partial charge is 0.312 e. The van der Waals surface area contributed by atoms with Gasteiger partial charge in [-0.3, -0.25) is 14.4 Å². The van der Waals surface area contributed by atoms with Gasteiger partial charge in [-0.2, -0.15) is 0 Å². The number of carbonyl (C=O) groups is 3. The Labute approximate surface area is 229 Å². The lowest BCUT2D eigenvalue weighted by molar-refractivity contribution is -0.155. The maximum Gasteiger partial charge on any atom is 0.312 e. The second-order valence-corrected chi connectivity index (χ2v) is 10.8. The summed E-state index contributed by atoms with van der Waals surface area (Å²) in [4.78, 5) is 44.6. The maximum atomic E-state index is 14.4. The predicted molar refractivity (Wildman–Crippen MR) is 145 cm³/mol. The van der Waals surface area contributed by atoms with Crippen molar-refractivity contribution in [1.82, 2.24) is 4.90 Å². The lowest BCUT2D eigenvalue weighted by Gasteiger charge is -2.39. The van der Waals surface area contributed by atoms with Crippen LogP contribution in [0.5, 0.6) is 0 Å². The first-order valence-electron chi connectivity index (χ1n) is 13.3. The largest absolute Gasteiger partial charge is 0.465 e. The van der Waals surface area contributed by atoms with Gasteiger partial charge < -0.3 is 24.4 Å². The van der Waals surface area contributed by atoms with Crippen molar-refractivity contribution < 1.29 is 29.0 Å². The van der Waals surface area contributed by atoms with Crippen molar-refractivity contribution in [2.75, 3.05) is 24.7 Å². The lowest BCUT2D eigenvalue weighted by atomic mass is 9.70. The average molecular weight is 545 g/mol. The standard InChI is InChI=1S/C29H37ClN2O6/c1-5-7-8-9-16-37-28(36)22-21-13-14-29(38-21)23(22)26(34)32(19(4)17-33)25(29)27(35)31(15-6-2)24-18(3)11-10-12-20(24)30/h5-6,10-12,19,21-23,25,33H,1-2,7-9,13-17H2,3-4H3/t19-,21+,22-,23+,25?,29?/m1/s1. The van der Waals surface area contributed by atoms with E-state index in [1.54, 1.807) is 25.1 Å². The Kier molecular flexibility index (Phi) is 8.65. The SMILES string of the molecule is C=CCCCCOC(=O)[C@@H]1[C@@H]2CCC3(O2)C(C(=O)N(CC=C)c2c(C)cccc2Cl)N([C@H](C)CO)C(=O)[C@H]13. The molecule has 206 valence electrons. The van der Waals surface area contributed by atoms with Crippen LogP contribution >= 0.6 is 11.6 Å². The van der Waals surface area contributed by atoms with Crippen molar-refractivity contribution in [2.24, 2.45) is 11.8 Å². The van der Waals surface area contributed by atoms with Gasteiger partial charge in [0, 0.05) is 6.54 Å². The van der Waals surface area contributed by atoms with Gasteiger partial charge in [0.1, 0.15) is 11.6 Å². The van der Waals surface area contributed by atoms with Crippen LogP contribution < -0.4 is 4.90 Å². The van der Waals surface area contributed by atoms with Crippen molar-refractivity contribution in [3.8, 4) is 0 Å². The number of unbranched alkanes of at least 4 members (excludes halogenated alkanes) is 2. The summed E-state index contributed by atoms with van der Waals surface area (Å²) in [5, 5.41) is 10.5. The number of anilines is 1. The number of fused-ring (bicyclic) bond motifs is 1. The van der Waals surface area contributed by atoms with E-state index in [1.807, 2.05) is 19.1 Å². The molecule has 38 heavy (non-hydrogen) atoms. The molecule has 3 fully saturated rings. The number of likely N-dealkylation sites (tertiary alicyclic amines) is 1. The molecule has 9 heteroatoms. The van der Waals surface area contributed by atoms with Crippen LogP contribution in [-0.4, -0.2) is 71.3 Å². The van der Waals surface area contributed by atoms with E-state index < -0.39 is 41.6 Å². The van der Waals surface area contributed by atoms with Gasteiger partial charge in [-0.05, 0) is 57.6 Å². The summed E-state index contributed by atoms with van der Waals surface area (Å²) in [7, 11) is 0. The zero-order chi connectivity index (χ0) is 27.6. The Hall–Kier alpha value is -2.68. The number of carbonyl (C=O) groups excluding carboxylic acids is 3. The van der Waals surface area contributed by atoms with Crippen LogP contribution in [0.25, 0.3) is 0 Å². The van der Waals surface area contributed by atoms with Crippen LogP contribution in [0.3, 0.4) is 0 Å². The van der Waals surface area contributed by atoms with Crippen LogP contribution in [0.2, 0.25) is 5.02 Å². The number of ether oxygens (including phenoxy) is 2. The highest BCUT2D eigenvalue weighted by Gasteiger charge is 2.75. The number of aryl methyl sites for hydroxylation is 1. The van der Waals surface area contributed by atoms with E-state index in [0.29, 0.717) is 30.0 Å². The van der Waals surface area contributed by atoms with Gasteiger partial charge in [0.15, 0.2) is 0 Å². The molecule has 6 atom stereocenters. The van der Waals surface area contributed by atoms with Crippen molar-refractivity contribution in [1.29, 1.82) is 0 Å². The molecular weight excluding hydrogens is 508 g/mol. The molecule has 2 amide bonds. The molecule has 0 aliphatic carbocycles. The topological polar surface area (TPSA) is 96.4 Å². The summed E-state index contributed by atoms with van der Waals surface area (Å²) in [5.41, 5.74) is 0.136. The van der Waals surface area contributed by atoms with E-state index in [-0.39, 0.29) is 31.6 Å². The van der Waals surface area contributed by atoms with Gasteiger partial charge >= 0.3 is 5.97 Å². The number of allylic oxidation sites excluding steroid dienone is 1. The zero-order valence-corrected chi connectivity index (χ0v) is 22.9. The second-order valence-electron chi connectivity index (χ2n) is 10.4. The summed E-state index contributed by atoms with van der Waals surface area (Å²) >= 11 is 6.55. The Morgan fingerprint density at radius 1 is 1.34 bits per heavy atom. The average Bonchev–Trinajstić information content (AvgIpc) is 3.54. The number of nitrogens with zero attached hydrogens (tertiary/aromatic N) is 2. The quantitative estimate of drug-likeness (QED) is 0.244. The van der Waals surface area contributed by atoms with Crippen LogP contribution in [0, 0.1) is 18.8 Å². The van der Waals surface area contributed by atoms with E-state index in [2.05, 4.69) is 13.2 Å². The molecule has 3 heterocycles. The minimum absolute atomic E-state index is 0.162. The third kappa shape index (κ3) is 4.67. The third-order valence-electron chi connectivity index (χ3n) is 8.07. The number of aliphatic hydroxyl groups is 1. The highest BCUT2D eigenvalue weighted by Crippen LogP contribution is 2.59. The molecule has 3 saturated heterocycles. The van der Waals surface area contributed by atoms with Crippen molar-refractivity contribution >= 4 is 35.1 Å². The number of hydrogen-bond donors (Lipinski definition) is 1. The van der Waals surface area contributed by atoms with E-state index in [4.69, 9.17) is 21.1 Å². The minimum atomic E-state index is -1.19. The normalized spacial score (nSPS) is 28.2. The highest BCUT2D eigenvalue weighted by atomic mass is 35.5. The fourth-order valence-corrected chi connectivity index (χ4v) is 6.72. The first kappa shape index (κ1) is 28.3. The highest BCUT2D eigenvalue weighted by molar-refractivity contribution is 6.34. The molecule has 0 saturated carbocycles. The number of hydrogen-bond acceptors (Lipinski definition) is 6. The second kappa shape index (κ2) is 11.6. The number of amides is 2. The molecular formula is C29H37ClN2O6. The number of esters is 1. The molecule has 0 radical (unpaired) electrons. The Bertz CT molecular complexity index is 1090. The van der Waals surface area contributed by atoms with Gasteiger partial charge in [0.25, 0.3) is 5.91 Å². The number of aliphatic hydroxyl groups excluding tert-OH is 1. The summed E-state index contributed by atoms with van der Waals surface area (Å²) in [5.74, 6) is -2.87. The van der Waals surface area contributed by atoms with Gasteiger partial charge in [0.05, 0.1) is 47.9 Å². The molecule has 4 rings (SSSR count). The van der Waals surface area contributed by atoms with Crippen LogP contribution in [0.4, 0.5) is 5.69 Å². The fourth-order valence-electron chi connectivity index (χ4n) is 6.39. The summed E-state index contributed by atoms with van der Waals surface area (Å²) in [6.45, 7) is 11.1. The molecule has 3 aliphatic rings. The predicted octanol–water partition coefficient (Wildman–Crippen LogP) is 3.82. The van der Waals surface area contributed by atoms with Gasteiger partial charge in [-0.25, -0.2) is 0 Å². The van der Waals surface area contributed by atoms with E-state index in [9.17, 15) is 19.5 Å². The van der Waals surface area contributed by atoms with Crippen molar-refractivity contribution in [3.05, 3.63) is 54.1 Å². The first-order valence-corrected chi connectivity index (χ1v) is 13.7. The number of para-hydroxylation sites is 1. The van der Waals surface area contributed by atoms with Crippen molar-refractivity contribution in [3.63, 3.8) is 0 Å². The third-order valence-corrected chi connectivity index (χ3v) is 8.37. The van der Waals surface area contributed by atoms with Gasteiger partial charge in [-0.15, -0.1) is 13.2 Å². The van der Waals surface area contributed by atoms with E-state index >= 15 is 0 Å². The monoisotopic (exact) mass is 544 g/mol. The molecule has 1 aromatic rings. The fraction of sp³-hybridized carbons (Fsp3) is 0.552. The summed E-state index contributed by atoms with van der Waals surface area (Å²) in [6.07, 6.45) is 6.30. The van der Waals surface area contributed by atoms with Crippen LogP contribution in [0.1, 0.15) is 44.6 Å². The molecule has 1 N–H and O–H groups in total. The molecule has 1 aromatic carbocycles. The zero-order valence-electron chi connectivity index (χ0n) is 22.1. The summed E-state index contributed by atoms with van der Waals surface area (Å²) < 4.78 is 12.0. The molecule has 2 bridgehead atoms. The molecule has 2 unspecified atom stereocenters. The van der Waals surface area contributed by atoms with E-state index in [1.165, 1.54) is 9.80 Å². The molecule has 8 nitrogen and oxygen atoms in total. The lowest BCUT2D eigenvalue weighted by Crippen LogP contribution is -2.58. The van der Waals surface area contributed by atoms with E-state index in [0.717, 1.165) is 18.4 Å². The van der Waals surface area contributed by atoms with Crippen molar-refractivity contribution in [2.45, 2.75) is 69.7 Å². The maximum absolute atomic E-state index is 14.4. The number of benzene rings is 1.